The number of alkyl halides is 3. The third kappa shape index (κ3) is 4.73. The first-order valence-electron chi connectivity index (χ1n) is 5.49. The molecule has 1 unspecified atom stereocenters. The molecule has 0 bridgehead atoms. The van der Waals surface area contributed by atoms with E-state index in [0.29, 0.717) is 5.56 Å². The summed E-state index contributed by atoms with van der Waals surface area (Å²) in [6.45, 7) is 0. The fraction of sp³-hybridized carbons (Fsp3) is 0.231. The molecule has 7 heteroatoms. The molecule has 0 spiro atoms. The molecule has 1 rings (SSSR count). The first kappa shape index (κ1) is 16.3. The molecule has 1 N–H and O–H groups in total. The number of carbonyl (C=O) groups is 2. The molecule has 1 aromatic carbocycles. The number of carboxylic acid groups (broad SMARTS) is 1. The Morgan fingerprint density at radius 2 is 1.80 bits per heavy atom. The van der Waals surface area contributed by atoms with E-state index < -0.39 is 28.7 Å². The van der Waals surface area contributed by atoms with Crippen LogP contribution in [-0.4, -0.2) is 22.1 Å². The normalized spacial score (nSPS) is 13.4. The van der Waals surface area contributed by atoms with Gasteiger partial charge in [-0.15, -0.1) is 0 Å². The van der Waals surface area contributed by atoms with Gasteiger partial charge in [0.2, 0.25) is 0 Å². The largest absolute Gasteiger partial charge is 0.480 e. The summed E-state index contributed by atoms with van der Waals surface area (Å²) >= 11 is 3.62. The Hall–Kier alpha value is -1.76. The highest BCUT2D eigenvalue weighted by atomic mass is 32.1. The molecule has 0 aliphatic rings. The fourth-order valence-corrected chi connectivity index (χ4v) is 1.45. The molecule has 0 aromatic heterocycles. The van der Waals surface area contributed by atoms with E-state index in [9.17, 15) is 22.8 Å². The van der Waals surface area contributed by atoms with Crippen molar-refractivity contribution in [2.75, 3.05) is 0 Å². The van der Waals surface area contributed by atoms with Crippen LogP contribution in [0.25, 0.3) is 6.08 Å². The monoisotopic (exact) mass is 304 g/mol. The zero-order chi connectivity index (χ0) is 15.3. The fourth-order valence-electron chi connectivity index (χ4n) is 1.34. The first-order chi connectivity index (χ1) is 9.21. The van der Waals surface area contributed by atoms with E-state index in [2.05, 4.69) is 12.6 Å². The first-order valence-corrected chi connectivity index (χ1v) is 6.01. The SMILES string of the molecule is O=C(O)C(S)C(=O)C/C=C/c1ccc(C(F)(F)F)cc1. The van der Waals surface area contributed by atoms with Gasteiger partial charge in [-0.3, -0.25) is 9.59 Å². The van der Waals surface area contributed by atoms with Gasteiger partial charge in [0.25, 0.3) is 0 Å². The Kier molecular flexibility index (Phi) is 5.38. The van der Waals surface area contributed by atoms with E-state index in [0.717, 1.165) is 12.1 Å². The number of allylic oxidation sites excluding steroid dienone is 1. The number of rotatable bonds is 5. The molecule has 0 aliphatic carbocycles. The summed E-state index contributed by atoms with van der Waals surface area (Å²) in [7, 11) is 0. The van der Waals surface area contributed by atoms with Crippen molar-refractivity contribution in [1.29, 1.82) is 0 Å². The molecule has 0 heterocycles. The van der Waals surface area contributed by atoms with E-state index in [4.69, 9.17) is 5.11 Å². The second-order valence-electron chi connectivity index (χ2n) is 3.93. The summed E-state index contributed by atoms with van der Waals surface area (Å²) in [4.78, 5) is 21.8. The number of Topliss-reactive ketones (excluding diaryl/α,β-unsaturated/α-hetero) is 1. The van der Waals surface area contributed by atoms with E-state index in [-0.39, 0.29) is 6.42 Å². The minimum Gasteiger partial charge on any atom is -0.480 e. The van der Waals surface area contributed by atoms with Crippen LogP contribution in [0.2, 0.25) is 0 Å². The van der Waals surface area contributed by atoms with Crippen LogP contribution in [0.15, 0.2) is 30.3 Å². The van der Waals surface area contributed by atoms with Crippen LogP contribution in [0.5, 0.6) is 0 Å². The second kappa shape index (κ2) is 6.60. The number of ketones is 1. The van der Waals surface area contributed by atoms with Gasteiger partial charge in [-0.1, -0.05) is 24.3 Å². The molecule has 0 fully saturated rings. The molecule has 0 saturated carbocycles. The van der Waals surface area contributed by atoms with Gasteiger partial charge in [-0.2, -0.15) is 25.8 Å². The average Bonchev–Trinajstić information content (AvgIpc) is 2.37. The third-order valence-electron chi connectivity index (χ3n) is 2.41. The van der Waals surface area contributed by atoms with Gasteiger partial charge in [0.1, 0.15) is 0 Å². The molecule has 0 aliphatic heterocycles. The summed E-state index contributed by atoms with van der Waals surface area (Å²) in [5.41, 5.74) is -0.274. The van der Waals surface area contributed by atoms with Gasteiger partial charge in [-0.25, -0.2) is 0 Å². The lowest BCUT2D eigenvalue weighted by Gasteiger charge is -2.06. The van der Waals surface area contributed by atoms with Crippen LogP contribution >= 0.6 is 12.6 Å². The standard InChI is InChI=1S/C13H11F3O3S/c14-13(15,16)9-6-4-8(5-7-9)2-1-3-10(17)11(20)12(18)19/h1-2,4-7,11,20H,3H2,(H,18,19)/b2-1+. The molecule has 3 nitrogen and oxygen atoms in total. The number of hydrogen-bond acceptors (Lipinski definition) is 3. The smallest absolute Gasteiger partial charge is 0.416 e. The zero-order valence-corrected chi connectivity index (χ0v) is 11.0. The van der Waals surface area contributed by atoms with Crippen molar-refractivity contribution in [3.05, 3.63) is 41.5 Å². The number of benzene rings is 1. The van der Waals surface area contributed by atoms with E-state index >= 15 is 0 Å². The third-order valence-corrected chi connectivity index (χ3v) is 2.92. The van der Waals surface area contributed by atoms with Crippen LogP contribution in [0.1, 0.15) is 17.5 Å². The molecule has 20 heavy (non-hydrogen) atoms. The van der Waals surface area contributed by atoms with Gasteiger partial charge < -0.3 is 5.11 Å². The minimum atomic E-state index is -4.39. The maximum Gasteiger partial charge on any atom is 0.416 e. The van der Waals surface area contributed by atoms with Crippen molar-refractivity contribution in [1.82, 2.24) is 0 Å². The van der Waals surface area contributed by atoms with Gasteiger partial charge in [-0.05, 0) is 17.7 Å². The zero-order valence-electron chi connectivity index (χ0n) is 10.1. The molecule has 108 valence electrons. The molecule has 0 saturated heterocycles. The summed E-state index contributed by atoms with van der Waals surface area (Å²) < 4.78 is 36.9. The topological polar surface area (TPSA) is 54.4 Å². The van der Waals surface area contributed by atoms with Crippen LogP contribution in [0, 0.1) is 0 Å². The number of thiol groups is 1. The second-order valence-corrected chi connectivity index (χ2v) is 4.45. The number of halogens is 3. The molecule has 1 aromatic rings. The van der Waals surface area contributed by atoms with Crippen LogP contribution in [0.3, 0.4) is 0 Å². The van der Waals surface area contributed by atoms with Gasteiger partial charge in [0.15, 0.2) is 11.0 Å². The number of hydrogen-bond donors (Lipinski definition) is 2. The summed E-state index contributed by atoms with van der Waals surface area (Å²) in [6, 6.07) is 4.39. The van der Waals surface area contributed by atoms with Gasteiger partial charge in [0.05, 0.1) is 5.56 Å². The van der Waals surface area contributed by atoms with Crippen LogP contribution in [-0.2, 0) is 15.8 Å². The number of carboxylic acids is 1. The number of carbonyl (C=O) groups excluding carboxylic acids is 1. The highest BCUT2D eigenvalue weighted by molar-refractivity contribution is 7.82. The molecule has 0 amide bonds. The van der Waals surface area contributed by atoms with E-state index in [1.54, 1.807) is 0 Å². The highest BCUT2D eigenvalue weighted by Crippen LogP contribution is 2.29. The van der Waals surface area contributed by atoms with Crippen molar-refractivity contribution in [3.63, 3.8) is 0 Å². The Labute approximate surface area is 118 Å². The lowest BCUT2D eigenvalue weighted by molar-refractivity contribution is -0.139. The summed E-state index contributed by atoms with van der Waals surface area (Å²) in [6.07, 6.45) is -1.71. The van der Waals surface area contributed by atoms with Gasteiger partial charge >= 0.3 is 12.1 Å². The van der Waals surface area contributed by atoms with Crippen molar-refractivity contribution in [2.45, 2.75) is 17.8 Å². The van der Waals surface area contributed by atoms with Crippen molar-refractivity contribution in [2.24, 2.45) is 0 Å². The van der Waals surface area contributed by atoms with Crippen molar-refractivity contribution >= 4 is 30.5 Å². The van der Waals surface area contributed by atoms with Crippen LogP contribution in [0.4, 0.5) is 13.2 Å². The average molecular weight is 304 g/mol. The Bertz CT molecular complexity index is 521. The van der Waals surface area contributed by atoms with Gasteiger partial charge in [0, 0.05) is 6.42 Å². The highest BCUT2D eigenvalue weighted by Gasteiger charge is 2.29. The molecular formula is C13H11F3O3S. The maximum atomic E-state index is 12.3. The minimum absolute atomic E-state index is 0.151. The summed E-state index contributed by atoms with van der Waals surface area (Å²) in [5, 5.41) is 7.15. The maximum absolute atomic E-state index is 12.3. The van der Waals surface area contributed by atoms with Crippen molar-refractivity contribution < 1.29 is 27.9 Å². The van der Waals surface area contributed by atoms with E-state index in [1.807, 2.05) is 0 Å². The lowest BCUT2D eigenvalue weighted by Crippen LogP contribution is -2.23. The Morgan fingerprint density at radius 3 is 2.25 bits per heavy atom. The predicted molar refractivity (Wildman–Crippen MR) is 70.5 cm³/mol. The lowest BCUT2D eigenvalue weighted by atomic mass is 10.1. The Balaban J connectivity index is 2.63. The van der Waals surface area contributed by atoms with Crippen molar-refractivity contribution in [3.8, 4) is 0 Å². The molecule has 0 radical (unpaired) electrons. The molecular weight excluding hydrogens is 293 g/mol. The number of aliphatic carboxylic acids is 1. The quantitative estimate of drug-likeness (QED) is 0.649. The van der Waals surface area contributed by atoms with Crippen LogP contribution < -0.4 is 0 Å². The summed E-state index contributed by atoms with van der Waals surface area (Å²) in [5.74, 6) is -1.93. The Morgan fingerprint density at radius 1 is 1.25 bits per heavy atom. The predicted octanol–water partition coefficient (Wildman–Crippen LogP) is 3.06. The van der Waals surface area contributed by atoms with E-state index in [1.165, 1.54) is 24.3 Å². The molecule has 1 atom stereocenters.